The first-order valence-electron chi connectivity index (χ1n) is 7.14. The molecule has 2 aromatic carbocycles. The van der Waals surface area contributed by atoms with Gasteiger partial charge in [-0.3, -0.25) is 4.99 Å². The van der Waals surface area contributed by atoms with Crippen LogP contribution in [0.2, 0.25) is 0 Å². The number of nitrogens with one attached hydrogen (secondary N) is 1. The molecule has 0 aromatic heterocycles. The molecule has 22 heavy (non-hydrogen) atoms. The highest BCUT2D eigenvalue weighted by molar-refractivity contribution is 5.82. The van der Waals surface area contributed by atoms with Gasteiger partial charge in [-0.1, -0.05) is 30.3 Å². The zero-order valence-electron chi connectivity index (χ0n) is 12.3. The molecule has 0 spiro atoms. The smallest absolute Gasteiger partial charge is 0.194 e. The van der Waals surface area contributed by atoms with Crippen LogP contribution in [-0.4, -0.2) is 24.5 Å². The number of nitrogens with zero attached hydrogens (tertiary/aromatic N) is 2. The topological polar surface area (TPSA) is 27.6 Å². The Balaban J connectivity index is 1.65. The van der Waals surface area contributed by atoms with Crippen molar-refractivity contribution in [1.29, 1.82) is 0 Å². The first kappa shape index (κ1) is 14.5. The summed E-state index contributed by atoms with van der Waals surface area (Å²) in [6.07, 6.45) is 0. The lowest BCUT2D eigenvalue weighted by atomic mass is 10.1. The van der Waals surface area contributed by atoms with Crippen LogP contribution in [-0.2, 0) is 6.54 Å². The summed E-state index contributed by atoms with van der Waals surface area (Å²) < 4.78 is 26.5. The van der Waals surface area contributed by atoms with Crippen LogP contribution >= 0.6 is 0 Å². The summed E-state index contributed by atoms with van der Waals surface area (Å²) in [5.41, 5.74) is 1.75. The second kappa shape index (κ2) is 6.13. The van der Waals surface area contributed by atoms with Crippen LogP contribution < -0.4 is 5.32 Å². The maximum absolute atomic E-state index is 13.2. The lowest BCUT2D eigenvalue weighted by Gasteiger charge is -2.21. The molecule has 0 amide bonds. The summed E-state index contributed by atoms with van der Waals surface area (Å²) in [7, 11) is 1.85. The fraction of sp³-hybridized carbons (Fsp3) is 0.235. The summed E-state index contributed by atoms with van der Waals surface area (Å²) in [6.45, 7) is 1.04. The molecule has 1 aliphatic heterocycles. The third-order valence-corrected chi connectivity index (χ3v) is 3.63. The molecule has 0 saturated heterocycles. The highest BCUT2D eigenvalue weighted by Gasteiger charge is 2.21. The zero-order valence-corrected chi connectivity index (χ0v) is 12.3. The molecule has 1 heterocycles. The summed E-state index contributed by atoms with van der Waals surface area (Å²) >= 11 is 0. The summed E-state index contributed by atoms with van der Waals surface area (Å²) in [5.74, 6) is -0.391. The summed E-state index contributed by atoms with van der Waals surface area (Å²) in [5, 5.41) is 3.34. The van der Waals surface area contributed by atoms with E-state index < -0.39 is 11.6 Å². The van der Waals surface area contributed by atoms with Gasteiger partial charge in [-0.2, -0.15) is 0 Å². The Bertz CT molecular complexity index is 665. The third kappa shape index (κ3) is 3.24. The summed E-state index contributed by atoms with van der Waals surface area (Å²) in [4.78, 5) is 6.34. The van der Waals surface area contributed by atoms with E-state index in [0.717, 1.165) is 12.0 Å². The van der Waals surface area contributed by atoms with Crippen LogP contribution in [0.25, 0.3) is 0 Å². The first-order valence-corrected chi connectivity index (χ1v) is 7.14. The molecule has 114 valence electrons. The lowest BCUT2D eigenvalue weighted by molar-refractivity contribution is 0.474. The first-order chi connectivity index (χ1) is 10.6. The average Bonchev–Trinajstić information content (AvgIpc) is 2.97. The Morgan fingerprint density at radius 3 is 2.50 bits per heavy atom. The van der Waals surface area contributed by atoms with Gasteiger partial charge in [-0.15, -0.1) is 0 Å². The minimum absolute atomic E-state index is 0.142. The molecule has 3 nitrogen and oxygen atoms in total. The van der Waals surface area contributed by atoms with E-state index in [1.807, 2.05) is 30.1 Å². The fourth-order valence-corrected chi connectivity index (χ4v) is 2.58. The Kier molecular flexibility index (Phi) is 4.04. The molecule has 0 saturated carbocycles. The number of aliphatic imine (C=N–C) groups is 1. The van der Waals surface area contributed by atoms with Crippen LogP contribution in [0, 0.1) is 11.6 Å². The number of guanidine groups is 1. The third-order valence-electron chi connectivity index (χ3n) is 3.63. The molecule has 0 radical (unpaired) electrons. The second-order valence-corrected chi connectivity index (χ2v) is 5.41. The Labute approximate surface area is 128 Å². The number of halogens is 2. The number of hydrogen-bond acceptors (Lipinski definition) is 3. The van der Waals surface area contributed by atoms with E-state index in [1.54, 1.807) is 0 Å². The highest BCUT2D eigenvalue weighted by Crippen LogP contribution is 2.18. The predicted octanol–water partition coefficient (Wildman–Crippen LogP) is 3.10. The van der Waals surface area contributed by atoms with Crippen LogP contribution in [0.1, 0.15) is 17.2 Å². The van der Waals surface area contributed by atoms with E-state index in [-0.39, 0.29) is 6.04 Å². The van der Waals surface area contributed by atoms with Gasteiger partial charge < -0.3 is 10.2 Å². The van der Waals surface area contributed by atoms with Gasteiger partial charge in [0.05, 0.1) is 12.6 Å². The van der Waals surface area contributed by atoms with Crippen molar-refractivity contribution in [3.63, 3.8) is 0 Å². The molecule has 1 N–H and O–H groups in total. The zero-order chi connectivity index (χ0) is 15.5. The monoisotopic (exact) mass is 301 g/mol. The molecule has 0 aliphatic carbocycles. The molecule has 0 fully saturated rings. The van der Waals surface area contributed by atoms with Crippen molar-refractivity contribution < 1.29 is 8.78 Å². The largest absolute Gasteiger partial charge is 0.348 e. The van der Waals surface area contributed by atoms with E-state index in [0.29, 0.717) is 18.7 Å². The van der Waals surface area contributed by atoms with Gasteiger partial charge in [-0.25, -0.2) is 8.78 Å². The molecular weight excluding hydrogens is 284 g/mol. The average molecular weight is 301 g/mol. The van der Waals surface area contributed by atoms with Crippen molar-refractivity contribution in [2.75, 3.05) is 13.6 Å². The van der Waals surface area contributed by atoms with Crippen molar-refractivity contribution in [1.82, 2.24) is 10.2 Å². The minimum atomic E-state index is -0.563. The van der Waals surface area contributed by atoms with Crippen molar-refractivity contribution in [3.8, 4) is 0 Å². The maximum Gasteiger partial charge on any atom is 0.194 e. The molecule has 1 unspecified atom stereocenters. The van der Waals surface area contributed by atoms with E-state index in [4.69, 9.17) is 0 Å². The number of benzene rings is 2. The fourth-order valence-electron chi connectivity index (χ4n) is 2.58. The van der Waals surface area contributed by atoms with Gasteiger partial charge in [-0.05, 0) is 23.3 Å². The van der Waals surface area contributed by atoms with E-state index in [2.05, 4.69) is 22.4 Å². The quantitative estimate of drug-likeness (QED) is 0.943. The van der Waals surface area contributed by atoms with Crippen LogP contribution in [0.3, 0.4) is 0 Å². The van der Waals surface area contributed by atoms with Crippen LogP contribution in [0.15, 0.2) is 53.5 Å². The molecule has 0 bridgehead atoms. The Morgan fingerprint density at radius 1 is 1.14 bits per heavy atom. The van der Waals surface area contributed by atoms with Crippen LogP contribution in [0.4, 0.5) is 8.78 Å². The minimum Gasteiger partial charge on any atom is -0.348 e. The van der Waals surface area contributed by atoms with Gasteiger partial charge in [0, 0.05) is 19.7 Å². The number of rotatable bonds is 3. The summed E-state index contributed by atoms with van der Waals surface area (Å²) in [6, 6.07) is 13.8. The molecule has 1 aliphatic rings. The Morgan fingerprint density at radius 2 is 1.82 bits per heavy atom. The van der Waals surface area contributed by atoms with Gasteiger partial charge >= 0.3 is 0 Å². The van der Waals surface area contributed by atoms with Gasteiger partial charge in [0.1, 0.15) is 11.6 Å². The van der Waals surface area contributed by atoms with Crippen molar-refractivity contribution in [3.05, 3.63) is 71.3 Å². The van der Waals surface area contributed by atoms with Gasteiger partial charge in [0.2, 0.25) is 0 Å². The van der Waals surface area contributed by atoms with Crippen molar-refractivity contribution in [2.45, 2.75) is 12.6 Å². The van der Waals surface area contributed by atoms with E-state index >= 15 is 0 Å². The molecule has 1 atom stereocenters. The second-order valence-electron chi connectivity index (χ2n) is 5.41. The standard InChI is InChI=1S/C17H17F2N3/c1-22(11-12-7-14(18)9-15(19)8-12)17-20-10-16(21-17)13-5-3-2-4-6-13/h2-9,16H,10-11H2,1H3,(H,20,21). The Hall–Kier alpha value is -2.43. The molecule has 5 heteroatoms. The molecular formula is C17H17F2N3. The number of hydrogen-bond donors (Lipinski definition) is 1. The highest BCUT2D eigenvalue weighted by atomic mass is 19.1. The van der Waals surface area contributed by atoms with Crippen molar-refractivity contribution in [2.24, 2.45) is 4.99 Å². The van der Waals surface area contributed by atoms with Gasteiger partial charge in [0.25, 0.3) is 0 Å². The van der Waals surface area contributed by atoms with E-state index in [1.165, 1.54) is 17.7 Å². The molecule has 2 aromatic rings. The van der Waals surface area contributed by atoms with Crippen LogP contribution in [0.5, 0.6) is 0 Å². The lowest BCUT2D eigenvalue weighted by Crippen LogP contribution is -2.36. The normalized spacial score (nSPS) is 17.0. The van der Waals surface area contributed by atoms with E-state index in [9.17, 15) is 8.78 Å². The predicted molar refractivity (Wildman–Crippen MR) is 82.4 cm³/mol. The maximum atomic E-state index is 13.2. The van der Waals surface area contributed by atoms with Gasteiger partial charge in [0.15, 0.2) is 5.96 Å². The molecule has 3 rings (SSSR count). The van der Waals surface area contributed by atoms with Crippen molar-refractivity contribution >= 4 is 5.96 Å². The SMILES string of the molecule is CN(Cc1cc(F)cc(F)c1)C1=NCC(c2ccccc2)N1.